The van der Waals surface area contributed by atoms with Gasteiger partial charge in [0.25, 0.3) is 11.7 Å². The highest BCUT2D eigenvalue weighted by Crippen LogP contribution is 2.25. The van der Waals surface area contributed by atoms with Gasteiger partial charge in [0, 0.05) is 18.3 Å². The normalized spacial score (nSPS) is 10.5. The summed E-state index contributed by atoms with van der Waals surface area (Å²) in [7, 11) is 0. The molecule has 0 saturated heterocycles. The molecule has 0 fully saturated rings. The van der Waals surface area contributed by atoms with Gasteiger partial charge >= 0.3 is 5.97 Å². The first-order valence-electron chi connectivity index (χ1n) is 9.90. The lowest BCUT2D eigenvalue weighted by Gasteiger charge is -2.07. The van der Waals surface area contributed by atoms with Gasteiger partial charge in [0.05, 0.1) is 10.6 Å². The summed E-state index contributed by atoms with van der Waals surface area (Å²) < 4.78 is 6.69. The molecule has 9 nitrogen and oxygen atoms in total. The van der Waals surface area contributed by atoms with Crippen LogP contribution in [0.4, 0.5) is 11.4 Å². The van der Waals surface area contributed by atoms with Crippen molar-refractivity contribution in [3.8, 4) is 16.4 Å². The first kappa shape index (κ1) is 21.9. The minimum absolute atomic E-state index is 0.144. The summed E-state index contributed by atoms with van der Waals surface area (Å²) in [6.07, 6.45) is 0. The number of para-hydroxylation sites is 1. The van der Waals surface area contributed by atoms with E-state index in [1.165, 1.54) is 18.3 Å². The molecule has 2 heterocycles. The number of hydrogen-bond acceptors (Lipinski definition) is 7. The number of rotatable bonds is 7. The Morgan fingerprint density at radius 3 is 2.27 bits per heavy atom. The summed E-state index contributed by atoms with van der Waals surface area (Å²) in [5.74, 6) is -1.15. The molecule has 0 aliphatic heterocycles. The molecule has 0 radical (unpaired) electrons. The van der Waals surface area contributed by atoms with E-state index in [-0.39, 0.29) is 11.7 Å². The van der Waals surface area contributed by atoms with Crippen LogP contribution in [0.3, 0.4) is 0 Å². The molecule has 0 saturated carbocycles. The number of nitrogens with one attached hydrogen (secondary N) is 2. The summed E-state index contributed by atoms with van der Waals surface area (Å²) in [6.45, 7) is 0.908. The van der Waals surface area contributed by atoms with Crippen molar-refractivity contribution in [2.45, 2.75) is 6.92 Å². The maximum absolute atomic E-state index is 12.5. The van der Waals surface area contributed by atoms with E-state index in [0.717, 1.165) is 10.6 Å². The molecule has 2 amide bonds. The summed E-state index contributed by atoms with van der Waals surface area (Å²) in [4.78, 5) is 41.0. The lowest BCUT2D eigenvalue weighted by atomic mass is 10.2. The van der Waals surface area contributed by atoms with Crippen molar-refractivity contribution in [1.82, 2.24) is 14.8 Å². The number of nitrogens with zero attached hydrogens (tertiary/aromatic N) is 3. The van der Waals surface area contributed by atoms with Gasteiger partial charge in [-0.25, -0.2) is 9.48 Å². The van der Waals surface area contributed by atoms with Crippen molar-refractivity contribution < 1.29 is 19.1 Å². The Morgan fingerprint density at radius 1 is 0.939 bits per heavy atom. The van der Waals surface area contributed by atoms with Crippen LogP contribution in [0.5, 0.6) is 0 Å². The monoisotopic (exact) mass is 461 g/mol. The Morgan fingerprint density at radius 2 is 1.64 bits per heavy atom. The number of thiophene rings is 1. The molecule has 0 spiro atoms. The summed E-state index contributed by atoms with van der Waals surface area (Å²) in [5.41, 5.74) is 1.85. The molecule has 0 bridgehead atoms. The topological polar surface area (TPSA) is 115 Å². The smallest absolute Gasteiger partial charge is 0.378 e. The fourth-order valence-corrected chi connectivity index (χ4v) is 3.64. The second kappa shape index (κ2) is 9.88. The number of ether oxygens (including phenoxy) is 1. The SMILES string of the molecule is CC(=O)Nc1ccc(NC(=O)COC(=O)c2nc(-c3cccs3)n(-c3ccccc3)n2)cc1. The molecule has 0 aliphatic rings. The second-order valence-electron chi connectivity index (χ2n) is 6.87. The fourth-order valence-electron chi connectivity index (χ4n) is 2.95. The quantitative estimate of drug-likeness (QED) is 0.405. The maximum Gasteiger partial charge on any atom is 0.378 e. The molecule has 2 aromatic carbocycles. The van der Waals surface area contributed by atoms with Gasteiger partial charge in [0.15, 0.2) is 12.4 Å². The molecule has 0 unspecified atom stereocenters. The highest BCUT2D eigenvalue weighted by molar-refractivity contribution is 7.13. The number of carbonyl (C=O) groups excluding carboxylic acids is 3. The van der Waals surface area contributed by atoms with Crippen molar-refractivity contribution in [1.29, 1.82) is 0 Å². The van der Waals surface area contributed by atoms with Crippen LogP contribution in [0.1, 0.15) is 17.5 Å². The van der Waals surface area contributed by atoms with Gasteiger partial charge in [0.1, 0.15) is 0 Å². The van der Waals surface area contributed by atoms with E-state index in [1.807, 2.05) is 47.8 Å². The highest BCUT2D eigenvalue weighted by atomic mass is 32.1. The van der Waals surface area contributed by atoms with Gasteiger partial charge in [0.2, 0.25) is 5.91 Å². The zero-order valence-corrected chi connectivity index (χ0v) is 18.3. The minimum atomic E-state index is -0.807. The van der Waals surface area contributed by atoms with E-state index in [4.69, 9.17) is 4.74 Å². The Hall–Kier alpha value is -4.31. The van der Waals surface area contributed by atoms with Crippen molar-refractivity contribution in [3.63, 3.8) is 0 Å². The van der Waals surface area contributed by atoms with Crippen molar-refractivity contribution in [3.05, 3.63) is 77.9 Å². The zero-order chi connectivity index (χ0) is 23.2. The van der Waals surface area contributed by atoms with E-state index in [0.29, 0.717) is 17.2 Å². The first-order valence-corrected chi connectivity index (χ1v) is 10.8. The van der Waals surface area contributed by atoms with Crippen LogP contribution in [0.2, 0.25) is 0 Å². The van der Waals surface area contributed by atoms with Crippen LogP contribution in [-0.2, 0) is 14.3 Å². The molecule has 33 heavy (non-hydrogen) atoms. The van der Waals surface area contributed by atoms with Crippen LogP contribution >= 0.6 is 11.3 Å². The van der Waals surface area contributed by atoms with Crippen molar-refractivity contribution >= 4 is 40.5 Å². The molecule has 2 aromatic heterocycles. The molecule has 4 rings (SSSR count). The van der Waals surface area contributed by atoms with Gasteiger partial charge in [-0.1, -0.05) is 24.3 Å². The second-order valence-corrected chi connectivity index (χ2v) is 7.81. The lowest BCUT2D eigenvalue weighted by molar-refractivity contribution is -0.119. The molecule has 166 valence electrons. The lowest BCUT2D eigenvalue weighted by Crippen LogP contribution is -2.21. The highest BCUT2D eigenvalue weighted by Gasteiger charge is 2.21. The number of hydrogen-bond donors (Lipinski definition) is 2. The van der Waals surface area contributed by atoms with E-state index in [1.54, 1.807) is 28.9 Å². The summed E-state index contributed by atoms with van der Waals surface area (Å²) in [5, 5.41) is 11.5. The molecule has 0 aliphatic carbocycles. The van der Waals surface area contributed by atoms with Gasteiger partial charge in [-0.05, 0) is 47.8 Å². The molecule has 0 atom stereocenters. The zero-order valence-electron chi connectivity index (χ0n) is 17.5. The van der Waals surface area contributed by atoms with Gasteiger partial charge < -0.3 is 15.4 Å². The third kappa shape index (κ3) is 5.49. The molecule has 2 N–H and O–H groups in total. The third-order valence-corrected chi connectivity index (χ3v) is 5.22. The summed E-state index contributed by atoms with van der Waals surface area (Å²) >= 11 is 1.47. The van der Waals surface area contributed by atoms with Crippen LogP contribution in [0, 0.1) is 0 Å². The number of esters is 1. The van der Waals surface area contributed by atoms with Crippen molar-refractivity contribution in [2.75, 3.05) is 17.2 Å². The van der Waals surface area contributed by atoms with E-state index >= 15 is 0 Å². The number of anilines is 2. The average Bonchev–Trinajstić information content (AvgIpc) is 3.49. The first-order chi connectivity index (χ1) is 16.0. The maximum atomic E-state index is 12.5. The van der Waals surface area contributed by atoms with E-state index in [2.05, 4.69) is 20.7 Å². The number of aromatic nitrogens is 3. The minimum Gasteiger partial charge on any atom is -0.450 e. The number of carbonyl (C=O) groups is 3. The molecular formula is C23H19N5O4S. The van der Waals surface area contributed by atoms with E-state index in [9.17, 15) is 14.4 Å². The van der Waals surface area contributed by atoms with Crippen molar-refractivity contribution in [2.24, 2.45) is 0 Å². The van der Waals surface area contributed by atoms with Crippen LogP contribution in [0.25, 0.3) is 16.4 Å². The standard InChI is InChI=1S/C23H19N5O4S/c1-15(29)24-16-9-11-17(12-10-16)25-20(30)14-32-23(31)21-26-22(19-8-5-13-33-19)28(27-21)18-6-3-2-4-7-18/h2-13H,14H2,1H3,(H,24,29)(H,25,30). The Kier molecular flexibility index (Phi) is 6.56. The predicted octanol–water partition coefficient (Wildman–Crippen LogP) is 3.75. The Balaban J connectivity index is 1.42. The van der Waals surface area contributed by atoms with Crippen LogP contribution < -0.4 is 10.6 Å². The fraction of sp³-hybridized carbons (Fsp3) is 0.0870. The molecule has 10 heteroatoms. The molecule has 4 aromatic rings. The van der Waals surface area contributed by atoms with Crippen LogP contribution in [0.15, 0.2) is 72.1 Å². The Labute approximate surface area is 193 Å². The predicted molar refractivity (Wildman–Crippen MR) is 124 cm³/mol. The summed E-state index contributed by atoms with van der Waals surface area (Å²) in [6, 6.07) is 19.6. The number of benzene rings is 2. The Bertz CT molecular complexity index is 1270. The third-order valence-electron chi connectivity index (χ3n) is 4.36. The van der Waals surface area contributed by atoms with Gasteiger partial charge in [-0.15, -0.1) is 16.4 Å². The van der Waals surface area contributed by atoms with E-state index < -0.39 is 18.5 Å². The largest absolute Gasteiger partial charge is 0.450 e. The number of amides is 2. The van der Waals surface area contributed by atoms with Gasteiger partial charge in [-0.3, -0.25) is 9.59 Å². The molecular weight excluding hydrogens is 442 g/mol. The van der Waals surface area contributed by atoms with Crippen LogP contribution in [-0.4, -0.2) is 39.2 Å². The van der Waals surface area contributed by atoms with Gasteiger partial charge in [-0.2, -0.15) is 4.98 Å². The average molecular weight is 462 g/mol.